The minimum Gasteiger partial charge on any atom is -0.480 e. The Bertz CT molecular complexity index is 294. The number of ether oxygens (including phenoxy) is 1. The Kier molecular flexibility index (Phi) is 4.49. The Morgan fingerprint density at radius 3 is 2.75 bits per heavy atom. The number of amides is 1. The predicted octanol–water partition coefficient (Wildman–Crippen LogP) is 0.701. The summed E-state index contributed by atoms with van der Waals surface area (Å²) in [6, 6.07) is -0.908. The number of carboxylic acids is 1. The zero-order valence-electron chi connectivity index (χ0n) is 9.36. The quantitative estimate of drug-likeness (QED) is 0.678. The van der Waals surface area contributed by atoms with E-state index in [2.05, 4.69) is 11.9 Å². The summed E-state index contributed by atoms with van der Waals surface area (Å²) in [6.07, 6.45) is 1.25. The number of carboxylic acid groups (broad SMARTS) is 1. The zero-order chi connectivity index (χ0) is 12.1. The van der Waals surface area contributed by atoms with Crippen LogP contribution in [0.3, 0.4) is 0 Å². The van der Waals surface area contributed by atoms with Crippen molar-refractivity contribution in [2.24, 2.45) is 0 Å². The van der Waals surface area contributed by atoms with Crippen molar-refractivity contribution >= 4 is 11.9 Å². The van der Waals surface area contributed by atoms with Crippen LogP contribution in [-0.4, -0.2) is 35.7 Å². The molecule has 0 aromatic carbocycles. The van der Waals surface area contributed by atoms with Crippen molar-refractivity contribution in [3.05, 3.63) is 12.2 Å². The van der Waals surface area contributed by atoms with Gasteiger partial charge in [-0.05, 0) is 26.2 Å². The number of carbonyl (C=O) groups excluding carboxylic acids is 1. The number of nitrogens with one attached hydrogen (secondary N) is 1. The highest BCUT2D eigenvalue weighted by molar-refractivity contribution is 5.86. The molecule has 2 atom stereocenters. The van der Waals surface area contributed by atoms with Gasteiger partial charge >= 0.3 is 5.97 Å². The first-order valence-electron chi connectivity index (χ1n) is 5.30. The fourth-order valence-electron chi connectivity index (χ4n) is 1.60. The molecule has 0 spiro atoms. The summed E-state index contributed by atoms with van der Waals surface area (Å²) in [5.74, 6) is -1.39. The Balaban J connectivity index is 2.50. The van der Waals surface area contributed by atoms with Gasteiger partial charge in [-0.3, -0.25) is 4.79 Å². The van der Waals surface area contributed by atoms with Crippen molar-refractivity contribution in [3.63, 3.8) is 0 Å². The molecule has 1 fully saturated rings. The molecule has 5 heteroatoms. The number of aliphatic carboxylic acids is 1. The van der Waals surface area contributed by atoms with Gasteiger partial charge in [-0.25, -0.2) is 4.79 Å². The first kappa shape index (κ1) is 12.7. The lowest BCUT2D eigenvalue weighted by atomic mass is 10.1. The Morgan fingerprint density at radius 1 is 1.62 bits per heavy atom. The van der Waals surface area contributed by atoms with Gasteiger partial charge in [0.25, 0.3) is 0 Å². The van der Waals surface area contributed by atoms with Crippen LogP contribution in [0.1, 0.15) is 26.2 Å². The van der Waals surface area contributed by atoms with Crippen LogP contribution in [-0.2, 0) is 14.3 Å². The Morgan fingerprint density at radius 2 is 2.31 bits per heavy atom. The van der Waals surface area contributed by atoms with Crippen molar-refractivity contribution in [2.75, 3.05) is 6.61 Å². The first-order valence-corrected chi connectivity index (χ1v) is 5.30. The predicted molar refractivity (Wildman–Crippen MR) is 58.0 cm³/mol. The molecule has 1 aliphatic heterocycles. The van der Waals surface area contributed by atoms with Gasteiger partial charge in [0.1, 0.15) is 12.1 Å². The molecule has 0 aliphatic carbocycles. The van der Waals surface area contributed by atoms with E-state index in [0.29, 0.717) is 13.0 Å². The first-order chi connectivity index (χ1) is 7.50. The van der Waals surface area contributed by atoms with E-state index in [4.69, 9.17) is 9.84 Å². The third-order valence-electron chi connectivity index (χ3n) is 2.39. The van der Waals surface area contributed by atoms with Crippen molar-refractivity contribution in [3.8, 4) is 0 Å². The van der Waals surface area contributed by atoms with Crippen LogP contribution in [0, 0.1) is 0 Å². The Hall–Kier alpha value is -1.36. The van der Waals surface area contributed by atoms with Gasteiger partial charge < -0.3 is 15.2 Å². The van der Waals surface area contributed by atoms with E-state index >= 15 is 0 Å². The van der Waals surface area contributed by atoms with E-state index < -0.39 is 18.1 Å². The van der Waals surface area contributed by atoms with Gasteiger partial charge in [0.2, 0.25) is 5.91 Å². The second-order valence-electron chi connectivity index (χ2n) is 4.06. The molecule has 2 N–H and O–H groups in total. The molecule has 1 heterocycles. The van der Waals surface area contributed by atoms with Crippen LogP contribution < -0.4 is 5.32 Å². The molecule has 5 nitrogen and oxygen atoms in total. The van der Waals surface area contributed by atoms with Crippen molar-refractivity contribution < 1.29 is 19.4 Å². The molecular weight excluding hydrogens is 210 g/mol. The maximum atomic E-state index is 11.6. The third-order valence-corrected chi connectivity index (χ3v) is 2.39. The average Bonchev–Trinajstić information content (AvgIpc) is 2.68. The minimum atomic E-state index is -1.05. The van der Waals surface area contributed by atoms with E-state index in [9.17, 15) is 9.59 Å². The highest BCUT2D eigenvalue weighted by Gasteiger charge is 2.27. The molecule has 1 rings (SSSR count). The van der Waals surface area contributed by atoms with Gasteiger partial charge in [-0.1, -0.05) is 5.57 Å². The summed E-state index contributed by atoms with van der Waals surface area (Å²) in [6.45, 7) is 5.93. The second-order valence-corrected chi connectivity index (χ2v) is 4.06. The van der Waals surface area contributed by atoms with E-state index in [1.54, 1.807) is 6.92 Å². The Labute approximate surface area is 94.5 Å². The van der Waals surface area contributed by atoms with Gasteiger partial charge in [0, 0.05) is 6.61 Å². The minimum absolute atomic E-state index is 0.244. The molecule has 1 aliphatic rings. The number of hydrogen-bond acceptors (Lipinski definition) is 3. The SMILES string of the molecule is C=C(C)C[C@H](NC(=O)[C@H]1CCCO1)C(=O)O. The van der Waals surface area contributed by atoms with Crippen LogP contribution >= 0.6 is 0 Å². The lowest BCUT2D eigenvalue weighted by Gasteiger charge is -2.17. The van der Waals surface area contributed by atoms with Gasteiger partial charge in [-0.2, -0.15) is 0 Å². The molecule has 0 bridgehead atoms. The summed E-state index contributed by atoms with van der Waals surface area (Å²) in [5.41, 5.74) is 0.722. The normalized spacial score (nSPS) is 21.4. The summed E-state index contributed by atoms with van der Waals surface area (Å²) < 4.78 is 5.17. The van der Waals surface area contributed by atoms with Crippen LogP contribution in [0.5, 0.6) is 0 Å². The molecule has 0 aromatic heterocycles. The maximum absolute atomic E-state index is 11.6. The van der Waals surface area contributed by atoms with Crippen LogP contribution in [0.25, 0.3) is 0 Å². The summed E-state index contributed by atoms with van der Waals surface area (Å²) in [4.78, 5) is 22.5. The van der Waals surface area contributed by atoms with Crippen molar-refractivity contribution in [2.45, 2.75) is 38.3 Å². The molecule has 0 unspecified atom stereocenters. The number of hydrogen-bond donors (Lipinski definition) is 2. The number of carbonyl (C=O) groups is 2. The van der Waals surface area contributed by atoms with Gasteiger partial charge in [0.05, 0.1) is 0 Å². The lowest BCUT2D eigenvalue weighted by Crippen LogP contribution is -2.45. The van der Waals surface area contributed by atoms with E-state index in [-0.39, 0.29) is 12.3 Å². The van der Waals surface area contributed by atoms with E-state index in [1.165, 1.54) is 0 Å². The topological polar surface area (TPSA) is 75.6 Å². The molecule has 90 valence electrons. The lowest BCUT2D eigenvalue weighted by molar-refractivity contribution is -0.143. The molecule has 0 aromatic rings. The van der Waals surface area contributed by atoms with Gasteiger partial charge in [-0.15, -0.1) is 6.58 Å². The van der Waals surface area contributed by atoms with Gasteiger partial charge in [0.15, 0.2) is 0 Å². The molecule has 16 heavy (non-hydrogen) atoms. The highest BCUT2D eigenvalue weighted by atomic mass is 16.5. The summed E-state index contributed by atoms with van der Waals surface area (Å²) in [5, 5.41) is 11.4. The largest absolute Gasteiger partial charge is 0.480 e. The smallest absolute Gasteiger partial charge is 0.326 e. The van der Waals surface area contributed by atoms with E-state index in [0.717, 1.165) is 12.0 Å². The summed E-state index contributed by atoms with van der Waals surface area (Å²) >= 11 is 0. The van der Waals surface area contributed by atoms with Crippen molar-refractivity contribution in [1.29, 1.82) is 0 Å². The van der Waals surface area contributed by atoms with Crippen LogP contribution in [0.4, 0.5) is 0 Å². The average molecular weight is 227 g/mol. The highest BCUT2D eigenvalue weighted by Crippen LogP contribution is 2.12. The molecular formula is C11H17NO4. The molecule has 0 radical (unpaired) electrons. The fraction of sp³-hybridized carbons (Fsp3) is 0.636. The van der Waals surface area contributed by atoms with Crippen LogP contribution in [0.15, 0.2) is 12.2 Å². The van der Waals surface area contributed by atoms with Crippen LogP contribution in [0.2, 0.25) is 0 Å². The third kappa shape index (κ3) is 3.66. The standard InChI is InChI=1S/C11H17NO4/c1-7(2)6-8(11(14)15)12-10(13)9-4-3-5-16-9/h8-9H,1,3-6H2,2H3,(H,12,13)(H,14,15)/t8-,9+/m0/s1. The zero-order valence-corrected chi connectivity index (χ0v) is 9.36. The van der Waals surface area contributed by atoms with Crippen molar-refractivity contribution in [1.82, 2.24) is 5.32 Å². The molecule has 1 amide bonds. The molecule has 1 saturated heterocycles. The molecule has 0 saturated carbocycles. The second kappa shape index (κ2) is 5.65. The fourth-order valence-corrected chi connectivity index (χ4v) is 1.60. The van der Waals surface area contributed by atoms with E-state index in [1.807, 2.05) is 0 Å². The summed E-state index contributed by atoms with van der Waals surface area (Å²) in [7, 11) is 0. The maximum Gasteiger partial charge on any atom is 0.326 e. The monoisotopic (exact) mass is 227 g/mol. The number of rotatable bonds is 5.